The summed E-state index contributed by atoms with van der Waals surface area (Å²) in [5.74, 6) is 0.541. The van der Waals surface area contributed by atoms with Crippen LogP contribution in [-0.4, -0.2) is 55.7 Å². The topological polar surface area (TPSA) is 121 Å². The minimum atomic E-state index is -4.06. The highest BCUT2D eigenvalue weighted by molar-refractivity contribution is 7.80. The second kappa shape index (κ2) is 11.1. The summed E-state index contributed by atoms with van der Waals surface area (Å²) in [6, 6.07) is 0. The number of thiol groups is 1. The standard InChI is InChI=1S/C8H20O9P2S/c1-13-18(9,10)16-6-4-14-5-7-17-19(11,12)15-3-2-8-20/h20H,2-8H2,1H3,(H,9,10)(H,11,12). The highest BCUT2D eigenvalue weighted by atomic mass is 32.1. The quantitative estimate of drug-likeness (QED) is 0.255. The molecule has 0 aliphatic heterocycles. The molecule has 0 heterocycles. The van der Waals surface area contributed by atoms with Crippen molar-refractivity contribution >= 4 is 28.3 Å². The molecule has 0 fully saturated rings. The predicted octanol–water partition coefficient (Wildman–Crippen LogP) is 1.22. The maximum atomic E-state index is 11.3. The Bertz CT molecular complexity index is 340. The van der Waals surface area contributed by atoms with Gasteiger partial charge in [-0.1, -0.05) is 0 Å². The molecule has 0 radical (unpaired) electrons. The molecule has 12 heteroatoms. The van der Waals surface area contributed by atoms with Crippen molar-refractivity contribution < 1.29 is 41.7 Å². The molecule has 0 aromatic carbocycles. The van der Waals surface area contributed by atoms with Crippen LogP contribution in [0.2, 0.25) is 0 Å². The first-order valence-electron chi connectivity index (χ1n) is 5.66. The number of rotatable bonds is 13. The SMILES string of the molecule is COP(=O)(O)OCCOCCOP(=O)(O)OCCCS. The van der Waals surface area contributed by atoms with E-state index in [1.807, 2.05) is 0 Å². The third-order valence-corrected chi connectivity index (χ3v) is 4.06. The normalized spacial score (nSPS) is 17.6. The van der Waals surface area contributed by atoms with Gasteiger partial charge in [-0.3, -0.25) is 18.1 Å². The molecule has 9 nitrogen and oxygen atoms in total. The summed E-state index contributed by atoms with van der Waals surface area (Å²) in [5.41, 5.74) is 0. The third kappa shape index (κ3) is 12.3. The van der Waals surface area contributed by atoms with E-state index in [9.17, 15) is 14.0 Å². The zero-order chi connectivity index (χ0) is 15.5. The number of ether oxygens (including phenoxy) is 1. The summed E-state index contributed by atoms with van der Waals surface area (Å²) < 4.78 is 45.0. The maximum absolute atomic E-state index is 11.3. The van der Waals surface area contributed by atoms with Gasteiger partial charge in [-0.25, -0.2) is 9.13 Å². The van der Waals surface area contributed by atoms with Crippen molar-refractivity contribution in [3.05, 3.63) is 0 Å². The van der Waals surface area contributed by atoms with E-state index in [0.717, 1.165) is 7.11 Å². The average molecular weight is 354 g/mol. The van der Waals surface area contributed by atoms with E-state index in [4.69, 9.17) is 9.63 Å². The minimum absolute atomic E-state index is 0.00650. The van der Waals surface area contributed by atoms with E-state index in [1.165, 1.54) is 0 Å². The van der Waals surface area contributed by atoms with Crippen molar-refractivity contribution in [2.75, 3.05) is 45.9 Å². The molecule has 20 heavy (non-hydrogen) atoms. The number of hydrogen-bond acceptors (Lipinski definition) is 8. The summed E-state index contributed by atoms with van der Waals surface area (Å²) in [6.07, 6.45) is 0.533. The van der Waals surface area contributed by atoms with E-state index in [2.05, 4.69) is 30.7 Å². The molecule has 0 spiro atoms. The molecule has 0 saturated carbocycles. The van der Waals surface area contributed by atoms with E-state index in [-0.39, 0.29) is 33.0 Å². The number of phosphoric ester groups is 2. The van der Waals surface area contributed by atoms with Gasteiger partial charge in [0.1, 0.15) is 0 Å². The molecule has 2 N–H and O–H groups in total. The van der Waals surface area contributed by atoms with Crippen LogP contribution in [-0.2, 0) is 32.0 Å². The van der Waals surface area contributed by atoms with Crippen LogP contribution >= 0.6 is 28.3 Å². The van der Waals surface area contributed by atoms with Crippen molar-refractivity contribution in [1.29, 1.82) is 0 Å². The van der Waals surface area contributed by atoms with Crippen molar-refractivity contribution in [2.24, 2.45) is 0 Å². The summed E-state index contributed by atoms with van der Waals surface area (Å²) >= 11 is 3.93. The van der Waals surface area contributed by atoms with Gasteiger partial charge in [0, 0.05) is 7.11 Å². The zero-order valence-corrected chi connectivity index (χ0v) is 13.7. The summed E-state index contributed by atoms with van der Waals surface area (Å²) in [4.78, 5) is 18.1. The van der Waals surface area contributed by atoms with Crippen LogP contribution in [0.15, 0.2) is 0 Å². The second-order valence-electron chi connectivity index (χ2n) is 3.31. The lowest BCUT2D eigenvalue weighted by Crippen LogP contribution is -2.09. The smallest absolute Gasteiger partial charge is 0.377 e. The fraction of sp³-hybridized carbons (Fsp3) is 1.00. The fourth-order valence-corrected chi connectivity index (χ4v) is 2.14. The summed E-state index contributed by atoms with van der Waals surface area (Å²) in [6.45, 7) is -0.221. The monoisotopic (exact) mass is 354 g/mol. The average Bonchev–Trinajstić information content (AvgIpc) is 2.37. The van der Waals surface area contributed by atoms with Gasteiger partial charge in [0.05, 0.1) is 33.0 Å². The van der Waals surface area contributed by atoms with Gasteiger partial charge in [-0.2, -0.15) is 12.6 Å². The van der Waals surface area contributed by atoms with Crippen LogP contribution in [0.3, 0.4) is 0 Å². The molecule has 0 bridgehead atoms. The molecule has 0 aromatic heterocycles. The van der Waals surface area contributed by atoms with Gasteiger partial charge in [0.25, 0.3) is 0 Å². The van der Waals surface area contributed by atoms with Crippen LogP contribution in [0.4, 0.5) is 0 Å². The molecule has 2 unspecified atom stereocenters. The second-order valence-corrected chi connectivity index (χ2v) is 6.77. The van der Waals surface area contributed by atoms with Gasteiger partial charge < -0.3 is 14.5 Å². The molecular formula is C8H20O9P2S. The molecule has 0 saturated heterocycles. The molecule has 0 rings (SSSR count). The first-order valence-corrected chi connectivity index (χ1v) is 9.29. The lowest BCUT2D eigenvalue weighted by atomic mass is 10.5. The van der Waals surface area contributed by atoms with Crippen molar-refractivity contribution in [2.45, 2.75) is 6.42 Å². The Morgan fingerprint density at radius 2 is 1.40 bits per heavy atom. The van der Waals surface area contributed by atoms with Crippen molar-refractivity contribution in [1.82, 2.24) is 0 Å². The van der Waals surface area contributed by atoms with Gasteiger partial charge in [-0.05, 0) is 12.2 Å². The number of hydrogen-bond donors (Lipinski definition) is 3. The van der Waals surface area contributed by atoms with Crippen LogP contribution in [0.1, 0.15) is 6.42 Å². The highest BCUT2D eigenvalue weighted by Crippen LogP contribution is 2.43. The largest absolute Gasteiger partial charge is 0.472 e. The van der Waals surface area contributed by atoms with E-state index >= 15 is 0 Å². The van der Waals surface area contributed by atoms with Crippen molar-refractivity contribution in [3.8, 4) is 0 Å². The third-order valence-electron chi connectivity index (χ3n) is 1.75. The fourth-order valence-electron chi connectivity index (χ4n) is 0.860. The Balaban J connectivity index is 3.52. The highest BCUT2D eigenvalue weighted by Gasteiger charge is 2.20. The van der Waals surface area contributed by atoms with Crippen LogP contribution < -0.4 is 0 Å². The predicted molar refractivity (Wildman–Crippen MR) is 73.8 cm³/mol. The lowest BCUT2D eigenvalue weighted by molar-refractivity contribution is 0.0530. The Kier molecular flexibility index (Phi) is 11.4. The Morgan fingerprint density at radius 3 is 1.90 bits per heavy atom. The number of phosphoric acid groups is 2. The molecule has 0 aliphatic rings. The molecule has 0 amide bonds. The molecule has 0 aliphatic carbocycles. The first kappa shape index (κ1) is 20.5. The Hall–Kier alpha value is 0.530. The molecule has 0 aromatic rings. The summed E-state index contributed by atoms with van der Waals surface area (Å²) in [5, 5.41) is 0. The van der Waals surface area contributed by atoms with Crippen LogP contribution in [0, 0.1) is 0 Å². The van der Waals surface area contributed by atoms with Gasteiger partial charge >= 0.3 is 15.6 Å². The Morgan fingerprint density at radius 1 is 0.900 bits per heavy atom. The summed E-state index contributed by atoms with van der Waals surface area (Å²) in [7, 11) is -7.01. The van der Waals surface area contributed by atoms with Crippen LogP contribution in [0.25, 0.3) is 0 Å². The van der Waals surface area contributed by atoms with E-state index < -0.39 is 15.6 Å². The molecule has 2 atom stereocenters. The van der Waals surface area contributed by atoms with Gasteiger partial charge in [-0.15, -0.1) is 0 Å². The lowest BCUT2D eigenvalue weighted by Gasteiger charge is -2.12. The minimum Gasteiger partial charge on any atom is -0.377 e. The zero-order valence-electron chi connectivity index (χ0n) is 11.0. The van der Waals surface area contributed by atoms with Gasteiger partial charge in [0.15, 0.2) is 0 Å². The first-order chi connectivity index (χ1) is 9.33. The van der Waals surface area contributed by atoms with E-state index in [1.54, 1.807) is 0 Å². The van der Waals surface area contributed by atoms with E-state index in [0.29, 0.717) is 12.2 Å². The maximum Gasteiger partial charge on any atom is 0.472 e. The van der Waals surface area contributed by atoms with Crippen molar-refractivity contribution in [3.63, 3.8) is 0 Å². The van der Waals surface area contributed by atoms with Gasteiger partial charge in [0.2, 0.25) is 0 Å². The molecular weight excluding hydrogens is 334 g/mol. The molecule has 122 valence electrons. The van der Waals surface area contributed by atoms with Crippen LogP contribution in [0.5, 0.6) is 0 Å². The Labute approximate surface area is 123 Å².